The van der Waals surface area contributed by atoms with Gasteiger partial charge in [0.1, 0.15) is 0 Å². The lowest BCUT2D eigenvalue weighted by Gasteiger charge is -2.25. The molecule has 1 N–H and O–H groups in total. The summed E-state index contributed by atoms with van der Waals surface area (Å²) in [6.45, 7) is 0.711. The maximum atomic E-state index is 12.7. The van der Waals surface area contributed by atoms with E-state index in [4.69, 9.17) is 0 Å². The monoisotopic (exact) mass is 417 g/mol. The van der Waals surface area contributed by atoms with Gasteiger partial charge in [0, 0.05) is 16.9 Å². The average molecular weight is 417 g/mol. The molecule has 2 aromatic carbocycles. The summed E-state index contributed by atoms with van der Waals surface area (Å²) in [5, 5.41) is 7.95. The van der Waals surface area contributed by atoms with Crippen molar-refractivity contribution in [2.45, 2.75) is 42.5 Å². The number of halogens is 2. The van der Waals surface area contributed by atoms with Crippen molar-refractivity contribution in [1.82, 2.24) is 9.78 Å². The molecule has 1 atom stereocenters. The molecular weight excluding hydrogens is 396 g/mol. The summed E-state index contributed by atoms with van der Waals surface area (Å²) in [6.07, 6.45) is 4.75. The maximum Gasteiger partial charge on any atom is 0.341 e. The maximum absolute atomic E-state index is 12.7. The minimum atomic E-state index is -4.58. The molecule has 1 aliphatic rings. The minimum absolute atomic E-state index is 0.0424. The van der Waals surface area contributed by atoms with Crippen molar-refractivity contribution in [1.29, 1.82) is 0 Å². The zero-order valence-electron chi connectivity index (χ0n) is 15.6. The quantitative estimate of drug-likeness (QED) is 0.645. The van der Waals surface area contributed by atoms with Crippen LogP contribution in [0, 0.1) is 0 Å². The predicted octanol–water partition coefficient (Wildman–Crippen LogP) is 4.42. The number of benzene rings is 2. The van der Waals surface area contributed by atoms with Gasteiger partial charge >= 0.3 is 5.76 Å². The first-order valence-electron chi connectivity index (χ1n) is 9.42. The lowest BCUT2D eigenvalue weighted by Crippen LogP contribution is -2.19. The first kappa shape index (κ1) is 19.6. The van der Waals surface area contributed by atoms with Crippen LogP contribution in [0.4, 0.5) is 14.5 Å². The number of nitrogens with zero attached hydrogens (tertiary/aromatic N) is 2. The van der Waals surface area contributed by atoms with Crippen LogP contribution in [0.15, 0.2) is 65.7 Å². The van der Waals surface area contributed by atoms with Crippen LogP contribution in [-0.4, -0.2) is 24.0 Å². The van der Waals surface area contributed by atoms with Crippen LogP contribution in [-0.2, 0) is 22.8 Å². The molecule has 8 heteroatoms. The summed E-state index contributed by atoms with van der Waals surface area (Å²) in [7, 11) is -4.58. The van der Waals surface area contributed by atoms with Gasteiger partial charge in [0.2, 0.25) is 9.84 Å². The van der Waals surface area contributed by atoms with E-state index in [1.807, 2.05) is 29.1 Å². The second-order valence-electron chi connectivity index (χ2n) is 7.11. The fraction of sp³-hybridized carbons (Fsp3) is 0.286. The van der Waals surface area contributed by atoms with Gasteiger partial charge in [-0.3, -0.25) is 4.68 Å². The first-order chi connectivity index (χ1) is 13.9. The largest absolute Gasteiger partial charge is 0.378 e. The molecule has 0 amide bonds. The molecule has 1 heterocycles. The molecule has 4 rings (SSSR count). The lowest BCUT2D eigenvalue weighted by molar-refractivity contribution is 0.234. The highest BCUT2D eigenvalue weighted by Gasteiger charge is 2.27. The molecule has 29 heavy (non-hydrogen) atoms. The fourth-order valence-corrected chi connectivity index (χ4v) is 4.43. The summed E-state index contributed by atoms with van der Waals surface area (Å²) in [5.74, 6) is -3.42. The van der Waals surface area contributed by atoms with Crippen molar-refractivity contribution in [3.8, 4) is 0 Å². The van der Waals surface area contributed by atoms with Gasteiger partial charge in [-0.05, 0) is 49.1 Å². The molecule has 3 aromatic rings. The van der Waals surface area contributed by atoms with Crippen LogP contribution in [0.5, 0.6) is 0 Å². The molecule has 0 bridgehead atoms. The summed E-state index contributed by atoms with van der Waals surface area (Å²) < 4.78 is 50.5. The van der Waals surface area contributed by atoms with E-state index in [-0.39, 0.29) is 10.9 Å². The third-order valence-corrected chi connectivity index (χ3v) is 6.59. The zero-order chi connectivity index (χ0) is 20.4. The fourth-order valence-electron chi connectivity index (χ4n) is 3.71. The molecule has 0 unspecified atom stereocenters. The summed E-state index contributed by atoms with van der Waals surface area (Å²) in [6, 6.07) is 15.7. The number of rotatable bonds is 6. The Morgan fingerprint density at radius 3 is 2.52 bits per heavy atom. The number of alkyl halides is 2. The first-order valence-corrected chi connectivity index (χ1v) is 11.0. The smallest absolute Gasteiger partial charge is 0.341 e. The van der Waals surface area contributed by atoms with Gasteiger partial charge in [-0.25, -0.2) is 8.42 Å². The highest BCUT2D eigenvalue weighted by Crippen LogP contribution is 2.33. The summed E-state index contributed by atoms with van der Waals surface area (Å²) in [5.41, 5.74) is 4.18. The Labute approximate surface area is 168 Å². The second kappa shape index (κ2) is 7.94. The number of hydrogen-bond acceptors (Lipinski definition) is 4. The molecule has 0 radical (unpaired) electrons. The lowest BCUT2D eigenvalue weighted by atomic mass is 9.92. The van der Waals surface area contributed by atoms with Crippen molar-refractivity contribution >= 4 is 15.5 Å². The van der Waals surface area contributed by atoms with Gasteiger partial charge in [-0.2, -0.15) is 13.9 Å². The molecule has 5 nitrogen and oxygen atoms in total. The molecule has 0 fully saturated rings. The van der Waals surface area contributed by atoms with E-state index in [1.165, 1.54) is 35.5 Å². The molecule has 1 aliphatic carbocycles. The van der Waals surface area contributed by atoms with E-state index >= 15 is 0 Å². The van der Waals surface area contributed by atoms with Crippen molar-refractivity contribution < 1.29 is 17.2 Å². The molecule has 0 spiro atoms. The Morgan fingerprint density at radius 1 is 1.10 bits per heavy atom. The van der Waals surface area contributed by atoms with Crippen molar-refractivity contribution in [3.05, 3.63) is 77.6 Å². The number of sulfone groups is 1. The summed E-state index contributed by atoms with van der Waals surface area (Å²) in [4.78, 5) is -0.377. The van der Waals surface area contributed by atoms with E-state index in [1.54, 1.807) is 0 Å². The van der Waals surface area contributed by atoms with Crippen LogP contribution in [0.3, 0.4) is 0 Å². The standard InChI is InChI=1S/C21H21F2N3O2S/c22-21(23)29(27,28)17-11-9-16(10-12-17)25-19-7-4-8-20-18(19)13-24-26(20)14-15-5-2-1-3-6-15/h1-3,5-6,9-13,19,21,25H,4,7-8,14H2/t19-/m0/s1. The number of aromatic nitrogens is 2. The zero-order valence-corrected chi connectivity index (χ0v) is 16.4. The van der Waals surface area contributed by atoms with Crippen LogP contribution in [0.25, 0.3) is 0 Å². The molecule has 0 saturated heterocycles. The molecular formula is C21H21F2N3O2S. The van der Waals surface area contributed by atoms with Gasteiger partial charge in [-0.15, -0.1) is 0 Å². The van der Waals surface area contributed by atoms with Crippen LogP contribution in [0.2, 0.25) is 0 Å². The number of fused-ring (bicyclic) bond motifs is 1. The van der Waals surface area contributed by atoms with Crippen LogP contribution in [0.1, 0.15) is 35.7 Å². The van der Waals surface area contributed by atoms with Gasteiger partial charge in [0.15, 0.2) is 0 Å². The van der Waals surface area contributed by atoms with Gasteiger partial charge < -0.3 is 5.32 Å². The van der Waals surface area contributed by atoms with E-state index in [0.717, 1.165) is 24.8 Å². The molecule has 0 saturated carbocycles. The third-order valence-electron chi connectivity index (χ3n) is 5.20. The topological polar surface area (TPSA) is 64.0 Å². The third kappa shape index (κ3) is 4.03. The Balaban J connectivity index is 1.52. The van der Waals surface area contributed by atoms with Crippen LogP contribution < -0.4 is 5.32 Å². The van der Waals surface area contributed by atoms with Gasteiger partial charge in [0.05, 0.1) is 23.7 Å². The van der Waals surface area contributed by atoms with Gasteiger partial charge in [0.25, 0.3) is 0 Å². The van der Waals surface area contributed by atoms with E-state index in [9.17, 15) is 17.2 Å². The average Bonchev–Trinajstić information content (AvgIpc) is 3.13. The van der Waals surface area contributed by atoms with E-state index < -0.39 is 15.6 Å². The Hall–Kier alpha value is -2.74. The predicted molar refractivity (Wildman–Crippen MR) is 107 cm³/mol. The van der Waals surface area contributed by atoms with Gasteiger partial charge in [-0.1, -0.05) is 30.3 Å². The summed E-state index contributed by atoms with van der Waals surface area (Å²) >= 11 is 0. The van der Waals surface area contributed by atoms with E-state index in [2.05, 4.69) is 22.5 Å². The van der Waals surface area contributed by atoms with Crippen molar-refractivity contribution in [2.75, 3.05) is 5.32 Å². The van der Waals surface area contributed by atoms with E-state index in [0.29, 0.717) is 12.2 Å². The van der Waals surface area contributed by atoms with Crippen molar-refractivity contribution in [3.63, 3.8) is 0 Å². The van der Waals surface area contributed by atoms with Crippen molar-refractivity contribution in [2.24, 2.45) is 0 Å². The molecule has 152 valence electrons. The molecule has 0 aliphatic heterocycles. The Bertz CT molecular complexity index is 1080. The number of anilines is 1. The second-order valence-corrected chi connectivity index (χ2v) is 9.03. The van der Waals surface area contributed by atoms with Crippen LogP contribution >= 0.6 is 0 Å². The minimum Gasteiger partial charge on any atom is -0.378 e. The SMILES string of the molecule is O=S(=O)(c1ccc(N[C@H]2CCCc3c2cnn3Cc2ccccc2)cc1)C(F)F. The Kier molecular flexibility index (Phi) is 5.36. The highest BCUT2D eigenvalue weighted by molar-refractivity contribution is 7.91. The normalized spacial score (nSPS) is 16.6. The number of nitrogens with one attached hydrogen (secondary N) is 1. The Morgan fingerprint density at radius 2 is 1.83 bits per heavy atom. The highest BCUT2D eigenvalue weighted by atomic mass is 32.2. The number of hydrogen-bond donors (Lipinski definition) is 1. The molecule has 1 aromatic heterocycles.